The summed E-state index contributed by atoms with van der Waals surface area (Å²) < 4.78 is 73.5. The van der Waals surface area contributed by atoms with Gasteiger partial charge in [-0.05, 0) is 60.0 Å². The van der Waals surface area contributed by atoms with Gasteiger partial charge in [-0.2, -0.15) is 9.29 Å². The van der Waals surface area contributed by atoms with Crippen LogP contribution in [0.5, 0.6) is 0 Å². The van der Waals surface area contributed by atoms with E-state index in [-0.39, 0.29) is 52.8 Å². The molecule has 2 aromatic heterocycles. The van der Waals surface area contributed by atoms with Gasteiger partial charge >= 0.3 is 0 Å². The molecule has 8 nitrogen and oxygen atoms in total. The van der Waals surface area contributed by atoms with Crippen molar-refractivity contribution in [1.82, 2.24) is 9.29 Å². The standard InChI is InChI=1S/C23H19ClFN3O5S3/c24-16-3-7-18(8-4-16)35(29,30)22-23(33-21(26-22)20-2-1-15-34-20)27-11-13-28(14-12-27)36(31,32)19-9-5-17(25)6-10-19/h1-10,15H,11-14H2. The van der Waals surface area contributed by atoms with E-state index in [9.17, 15) is 21.2 Å². The number of aromatic nitrogens is 1. The molecule has 2 aromatic carbocycles. The molecule has 0 N–H and O–H groups in total. The van der Waals surface area contributed by atoms with E-state index < -0.39 is 25.7 Å². The Morgan fingerprint density at radius 1 is 0.889 bits per heavy atom. The van der Waals surface area contributed by atoms with Crippen LogP contribution < -0.4 is 4.90 Å². The number of benzene rings is 2. The van der Waals surface area contributed by atoms with Crippen LogP contribution in [-0.2, 0) is 19.9 Å². The third-order valence-corrected chi connectivity index (χ3v) is 10.4. The summed E-state index contributed by atoms with van der Waals surface area (Å²) in [6, 6.07) is 14.0. The van der Waals surface area contributed by atoms with E-state index in [0.717, 1.165) is 12.1 Å². The molecule has 0 radical (unpaired) electrons. The number of hydrogen-bond donors (Lipinski definition) is 0. The van der Waals surface area contributed by atoms with Crippen molar-refractivity contribution < 1.29 is 25.6 Å². The molecule has 4 aromatic rings. The average Bonchev–Trinajstić information content (AvgIpc) is 3.55. The van der Waals surface area contributed by atoms with Crippen LogP contribution in [0.2, 0.25) is 5.02 Å². The van der Waals surface area contributed by atoms with Gasteiger partial charge < -0.3 is 9.32 Å². The fraction of sp³-hybridized carbons (Fsp3) is 0.174. The maximum Gasteiger partial charge on any atom is 0.243 e. The third-order valence-electron chi connectivity index (χ3n) is 5.67. The summed E-state index contributed by atoms with van der Waals surface area (Å²) in [7, 11) is -7.90. The summed E-state index contributed by atoms with van der Waals surface area (Å²) in [6.07, 6.45) is 0. The second kappa shape index (κ2) is 9.60. The molecule has 0 aliphatic carbocycles. The molecule has 0 saturated carbocycles. The summed E-state index contributed by atoms with van der Waals surface area (Å²) in [6.45, 7) is 0.496. The van der Waals surface area contributed by atoms with Crippen molar-refractivity contribution in [2.45, 2.75) is 14.8 Å². The van der Waals surface area contributed by atoms with Crippen molar-refractivity contribution in [3.63, 3.8) is 0 Å². The van der Waals surface area contributed by atoms with Gasteiger partial charge in [0.1, 0.15) is 5.82 Å². The molecule has 0 atom stereocenters. The normalized spacial score (nSPS) is 15.3. The number of halogens is 2. The van der Waals surface area contributed by atoms with E-state index in [1.54, 1.807) is 17.0 Å². The maximum absolute atomic E-state index is 13.5. The Balaban J connectivity index is 1.46. The first-order chi connectivity index (χ1) is 17.2. The van der Waals surface area contributed by atoms with Gasteiger partial charge in [0.25, 0.3) is 0 Å². The quantitative estimate of drug-likeness (QED) is 0.337. The molecule has 5 rings (SSSR count). The number of nitrogens with zero attached hydrogens (tertiary/aromatic N) is 3. The lowest BCUT2D eigenvalue weighted by molar-refractivity contribution is 0.373. The zero-order chi connectivity index (χ0) is 25.5. The highest BCUT2D eigenvalue weighted by Gasteiger charge is 2.35. The van der Waals surface area contributed by atoms with Crippen LogP contribution in [0.25, 0.3) is 10.8 Å². The molecule has 0 spiro atoms. The maximum atomic E-state index is 13.5. The number of hydrogen-bond acceptors (Lipinski definition) is 8. The van der Waals surface area contributed by atoms with Crippen molar-refractivity contribution in [1.29, 1.82) is 0 Å². The van der Waals surface area contributed by atoms with E-state index in [0.29, 0.717) is 9.90 Å². The van der Waals surface area contributed by atoms with E-state index in [2.05, 4.69) is 4.98 Å². The highest BCUT2D eigenvalue weighted by molar-refractivity contribution is 7.91. The monoisotopic (exact) mass is 567 g/mol. The van der Waals surface area contributed by atoms with Gasteiger partial charge in [0, 0.05) is 31.2 Å². The van der Waals surface area contributed by atoms with Gasteiger partial charge in [0.15, 0.2) is 0 Å². The number of piperazine rings is 1. The predicted molar refractivity (Wildman–Crippen MR) is 134 cm³/mol. The van der Waals surface area contributed by atoms with Crippen molar-refractivity contribution in [2.75, 3.05) is 31.1 Å². The molecule has 0 bridgehead atoms. The summed E-state index contributed by atoms with van der Waals surface area (Å²) in [5.41, 5.74) is 0. The van der Waals surface area contributed by atoms with Crippen molar-refractivity contribution >= 4 is 48.7 Å². The average molecular weight is 568 g/mol. The molecule has 1 saturated heterocycles. The van der Waals surface area contributed by atoms with Gasteiger partial charge in [-0.15, -0.1) is 11.3 Å². The SMILES string of the molecule is O=S(=O)(c1ccc(Cl)cc1)c1nc(-c2cccs2)oc1N1CCN(S(=O)(=O)c2ccc(F)cc2)CC1. The molecule has 188 valence electrons. The van der Waals surface area contributed by atoms with Gasteiger partial charge in [0.2, 0.25) is 36.7 Å². The number of thiophene rings is 1. The molecule has 1 fully saturated rings. The Morgan fingerprint density at radius 2 is 1.53 bits per heavy atom. The topological polar surface area (TPSA) is 101 Å². The first kappa shape index (κ1) is 24.9. The van der Waals surface area contributed by atoms with Gasteiger partial charge in [-0.3, -0.25) is 0 Å². The Bertz CT molecular complexity index is 1580. The second-order valence-corrected chi connectivity index (χ2v) is 13.1. The predicted octanol–water partition coefficient (Wildman–Crippen LogP) is 4.54. The van der Waals surface area contributed by atoms with Gasteiger partial charge in [0.05, 0.1) is 14.7 Å². The van der Waals surface area contributed by atoms with Crippen LogP contribution in [0.3, 0.4) is 0 Å². The van der Waals surface area contributed by atoms with Gasteiger partial charge in [-0.1, -0.05) is 17.7 Å². The van der Waals surface area contributed by atoms with E-state index in [1.165, 1.54) is 52.0 Å². The minimum absolute atomic E-state index is 0.0108. The highest BCUT2D eigenvalue weighted by atomic mass is 35.5. The zero-order valence-corrected chi connectivity index (χ0v) is 21.7. The highest BCUT2D eigenvalue weighted by Crippen LogP contribution is 2.37. The van der Waals surface area contributed by atoms with Crippen LogP contribution in [0.15, 0.2) is 85.3 Å². The zero-order valence-electron chi connectivity index (χ0n) is 18.5. The first-order valence-electron chi connectivity index (χ1n) is 10.7. The molecule has 36 heavy (non-hydrogen) atoms. The molecule has 3 heterocycles. The minimum atomic E-state index is -4.06. The molecule has 1 aliphatic heterocycles. The van der Waals surface area contributed by atoms with Crippen LogP contribution in [0.1, 0.15) is 0 Å². The smallest absolute Gasteiger partial charge is 0.243 e. The lowest BCUT2D eigenvalue weighted by atomic mass is 10.3. The fourth-order valence-corrected chi connectivity index (χ4v) is 7.31. The molecule has 13 heteroatoms. The third kappa shape index (κ3) is 4.66. The molecule has 0 amide bonds. The summed E-state index contributed by atoms with van der Waals surface area (Å²) >= 11 is 7.28. The Hall–Kier alpha value is -2.77. The fourth-order valence-electron chi connectivity index (χ4n) is 3.79. The molecule has 1 aliphatic rings. The largest absolute Gasteiger partial charge is 0.418 e. The Morgan fingerprint density at radius 3 is 2.14 bits per heavy atom. The van der Waals surface area contributed by atoms with Crippen molar-refractivity contribution in [3.8, 4) is 10.8 Å². The minimum Gasteiger partial charge on any atom is -0.418 e. The molecular weight excluding hydrogens is 549 g/mol. The lowest BCUT2D eigenvalue weighted by Crippen LogP contribution is -2.48. The van der Waals surface area contributed by atoms with Gasteiger partial charge in [-0.25, -0.2) is 21.2 Å². The van der Waals surface area contributed by atoms with E-state index >= 15 is 0 Å². The number of oxazole rings is 1. The van der Waals surface area contributed by atoms with E-state index in [4.69, 9.17) is 16.0 Å². The second-order valence-electron chi connectivity index (χ2n) is 7.91. The number of sulfone groups is 1. The van der Waals surface area contributed by atoms with Crippen molar-refractivity contribution in [2.24, 2.45) is 0 Å². The summed E-state index contributed by atoms with van der Waals surface area (Å²) in [5.74, 6) is -0.318. The van der Waals surface area contributed by atoms with Crippen LogP contribution >= 0.6 is 22.9 Å². The number of rotatable bonds is 6. The molecule has 0 unspecified atom stereocenters. The van der Waals surface area contributed by atoms with E-state index in [1.807, 2.05) is 5.38 Å². The lowest BCUT2D eigenvalue weighted by Gasteiger charge is -2.33. The number of anilines is 1. The van der Waals surface area contributed by atoms with Crippen molar-refractivity contribution in [3.05, 3.63) is 76.9 Å². The van der Waals surface area contributed by atoms with Crippen LogP contribution in [0.4, 0.5) is 10.3 Å². The van der Waals surface area contributed by atoms with Crippen LogP contribution in [-0.4, -0.2) is 52.3 Å². The Labute approximate surface area is 216 Å². The van der Waals surface area contributed by atoms with Crippen LogP contribution in [0, 0.1) is 5.82 Å². The Kier molecular flexibility index (Phi) is 6.64. The summed E-state index contributed by atoms with van der Waals surface area (Å²) in [5, 5.41) is 1.97. The summed E-state index contributed by atoms with van der Waals surface area (Å²) in [4.78, 5) is 6.66. The first-order valence-corrected chi connectivity index (χ1v) is 14.9. The molecular formula is C23H19ClFN3O5S3. The number of sulfonamides is 1.